The minimum atomic E-state index is -0.478. The van der Waals surface area contributed by atoms with E-state index in [-0.39, 0.29) is 6.61 Å². The summed E-state index contributed by atoms with van der Waals surface area (Å²) in [5.74, 6) is -0.478. The highest BCUT2D eigenvalue weighted by Crippen LogP contribution is 2.20. The molecule has 2 aromatic heterocycles. The van der Waals surface area contributed by atoms with Crippen LogP contribution in [0.5, 0.6) is 0 Å². The van der Waals surface area contributed by atoms with Crippen molar-refractivity contribution in [1.82, 2.24) is 20.0 Å². The van der Waals surface area contributed by atoms with Crippen molar-refractivity contribution >= 4 is 16.9 Å². The van der Waals surface area contributed by atoms with E-state index in [0.29, 0.717) is 22.5 Å². The lowest BCUT2D eigenvalue weighted by molar-refractivity contribution is 0.0465. The Labute approximate surface area is 154 Å². The molecule has 0 fully saturated rings. The first kappa shape index (κ1) is 16.5. The van der Waals surface area contributed by atoms with Gasteiger partial charge >= 0.3 is 5.97 Å². The third-order valence-corrected chi connectivity index (χ3v) is 4.29. The molecule has 7 heteroatoms. The summed E-state index contributed by atoms with van der Waals surface area (Å²) in [5, 5.41) is 21.6. The van der Waals surface area contributed by atoms with Crippen molar-refractivity contribution in [3.8, 4) is 11.8 Å². The lowest BCUT2D eigenvalue weighted by Crippen LogP contribution is -2.10. The molecule has 7 nitrogen and oxygen atoms in total. The number of esters is 1. The molecule has 0 aliphatic heterocycles. The van der Waals surface area contributed by atoms with Gasteiger partial charge in [-0.3, -0.25) is 5.10 Å². The fraction of sp³-hybridized carbons (Fsp3) is 0.100. The molecule has 0 unspecified atom stereocenters. The molecule has 0 radical (unpaired) electrons. The van der Waals surface area contributed by atoms with Crippen molar-refractivity contribution in [3.63, 3.8) is 0 Å². The monoisotopic (exact) mass is 357 g/mol. The van der Waals surface area contributed by atoms with Gasteiger partial charge in [0.05, 0.1) is 34.4 Å². The Bertz CT molecular complexity index is 1170. The summed E-state index contributed by atoms with van der Waals surface area (Å²) < 4.78 is 7.11. The number of aromatic amines is 1. The molecular formula is C20H15N5O2. The van der Waals surface area contributed by atoms with E-state index in [1.54, 1.807) is 36.0 Å². The maximum absolute atomic E-state index is 12.5. The summed E-state index contributed by atoms with van der Waals surface area (Å²) >= 11 is 0. The third-order valence-electron chi connectivity index (χ3n) is 4.29. The molecule has 0 saturated carbocycles. The average Bonchev–Trinajstić information content (AvgIpc) is 3.29. The van der Waals surface area contributed by atoms with Crippen LogP contribution in [0, 0.1) is 18.3 Å². The number of H-pyrrole nitrogens is 1. The molecule has 0 bridgehead atoms. The van der Waals surface area contributed by atoms with E-state index in [9.17, 15) is 10.1 Å². The van der Waals surface area contributed by atoms with E-state index in [2.05, 4.69) is 21.4 Å². The van der Waals surface area contributed by atoms with E-state index in [4.69, 9.17) is 4.74 Å². The number of hydrogen-bond donors (Lipinski definition) is 1. The normalized spacial score (nSPS) is 10.7. The summed E-state index contributed by atoms with van der Waals surface area (Å²) in [6.45, 7) is 1.70. The van der Waals surface area contributed by atoms with Crippen LogP contribution in [0.2, 0.25) is 0 Å². The molecule has 2 heterocycles. The van der Waals surface area contributed by atoms with Gasteiger partial charge in [0.25, 0.3) is 0 Å². The van der Waals surface area contributed by atoms with Gasteiger partial charge in [-0.2, -0.15) is 15.5 Å². The highest BCUT2D eigenvalue weighted by atomic mass is 16.5. The lowest BCUT2D eigenvalue weighted by atomic mass is 10.1. The molecule has 0 atom stereocenters. The molecule has 0 amide bonds. The first-order valence-corrected chi connectivity index (χ1v) is 8.31. The highest BCUT2D eigenvalue weighted by Gasteiger charge is 2.18. The van der Waals surface area contributed by atoms with Gasteiger partial charge in [0, 0.05) is 5.39 Å². The largest absolute Gasteiger partial charge is 0.456 e. The van der Waals surface area contributed by atoms with Crippen LogP contribution in [0.25, 0.3) is 16.6 Å². The van der Waals surface area contributed by atoms with Crippen molar-refractivity contribution in [1.29, 1.82) is 5.26 Å². The van der Waals surface area contributed by atoms with E-state index >= 15 is 0 Å². The molecular weight excluding hydrogens is 342 g/mol. The van der Waals surface area contributed by atoms with Gasteiger partial charge in [0.15, 0.2) is 0 Å². The highest BCUT2D eigenvalue weighted by molar-refractivity contribution is 5.94. The molecule has 0 spiro atoms. The number of para-hydroxylation sites is 1. The smallest absolute Gasteiger partial charge is 0.338 e. The Balaban J connectivity index is 1.62. The van der Waals surface area contributed by atoms with Crippen LogP contribution in [-0.2, 0) is 11.3 Å². The van der Waals surface area contributed by atoms with E-state index in [1.165, 1.54) is 0 Å². The number of aromatic nitrogens is 4. The van der Waals surface area contributed by atoms with E-state index in [1.807, 2.05) is 30.3 Å². The number of rotatable bonds is 4. The fourth-order valence-corrected chi connectivity index (χ4v) is 2.92. The van der Waals surface area contributed by atoms with Crippen LogP contribution in [0.1, 0.15) is 27.3 Å². The molecule has 4 aromatic rings. The molecule has 2 aromatic carbocycles. The topological polar surface area (TPSA) is 96.6 Å². The molecule has 4 rings (SSSR count). The minimum Gasteiger partial charge on any atom is -0.456 e. The van der Waals surface area contributed by atoms with Gasteiger partial charge in [-0.25, -0.2) is 9.48 Å². The van der Waals surface area contributed by atoms with Crippen molar-refractivity contribution in [3.05, 3.63) is 77.2 Å². The Kier molecular flexibility index (Phi) is 4.15. The quantitative estimate of drug-likeness (QED) is 0.565. The summed E-state index contributed by atoms with van der Waals surface area (Å²) in [7, 11) is 0. The van der Waals surface area contributed by atoms with Gasteiger partial charge in [-0.15, -0.1) is 0 Å². The number of nitrogens with zero attached hydrogens (tertiary/aromatic N) is 4. The number of fused-ring (bicyclic) bond motifs is 1. The predicted octanol–water partition coefficient (Wildman–Crippen LogP) is 3.29. The average molecular weight is 357 g/mol. The molecule has 1 N–H and O–H groups in total. The summed E-state index contributed by atoms with van der Waals surface area (Å²) in [6, 6.07) is 16.8. The summed E-state index contributed by atoms with van der Waals surface area (Å²) in [4.78, 5) is 12.5. The number of nitriles is 1. The zero-order valence-electron chi connectivity index (χ0n) is 14.5. The van der Waals surface area contributed by atoms with Crippen molar-refractivity contribution < 1.29 is 9.53 Å². The SMILES string of the molecule is Cc1nn(-c2ccccc2)c(COC(=O)c2ccc3cn[nH]c3c2)c1C#N. The van der Waals surface area contributed by atoms with Crippen LogP contribution in [0.3, 0.4) is 0 Å². The van der Waals surface area contributed by atoms with Crippen LogP contribution < -0.4 is 0 Å². The zero-order valence-corrected chi connectivity index (χ0v) is 14.5. The standard InChI is InChI=1S/C20H15N5O2/c1-13-17(10-21)19(25(24-13)16-5-3-2-4-6-16)12-27-20(26)14-7-8-15-11-22-23-18(15)9-14/h2-9,11H,12H2,1H3,(H,22,23). The van der Waals surface area contributed by atoms with Crippen molar-refractivity contribution in [2.75, 3.05) is 0 Å². The van der Waals surface area contributed by atoms with Gasteiger partial charge in [0.1, 0.15) is 18.2 Å². The maximum atomic E-state index is 12.5. The molecule has 0 saturated heterocycles. The number of carbonyl (C=O) groups is 1. The summed E-state index contributed by atoms with van der Waals surface area (Å²) in [6.07, 6.45) is 1.69. The van der Waals surface area contributed by atoms with Crippen LogP contribution in [-0.4, -0.2) is 25.9 Å². The first-order chi connectivity index (χ1) is 13.2. The number of ether oxygens (including phenoxy) is 1. The van der Waals surface area contributed by atoms with Gasteiger partial charge in [-0.1, -0.05) is 24.3 Å². The molecule has 0 aliphatic rings. The molecule has 132 valence electrons. The van der Waals surface area contributed by atoms with Gasteiger partial charge in [0.2, 0.25) is 0 Å². The second-order valence-electron chi connectivity index (χ2n) is 6.01. The van der Waals surface area contributed by atoms with Crippen LogP contribution in [0.4, 0.5) is 0 Å². The Morgan fingerprint density at radius 2 is 2.07 bits per heavy atom. The second-order valence-corrected chi connectivity index (χ2v) is 6.01. The predicted molar refractivity (Wildman–Crippen MR) is 98.2 cm³/mol. The number of carbonyl (C=O) groups excluding carboxylic acids is 1. The minimum absolute atomic E-state index is 0.0571. The number of benzene rings is 2. The van der Waals surface area contributed by atoms with Crippen molar-refractivity contribution in [2.45, 2.75) is 13.5 Å². The van der Waals surface area contributed by atoms with E-state index in [0.717, 1.165) is 16.6 Å². The molecule has 0 aliphatic carbocycles. The Morgan fingerprint density at radius 3 is 2.85 bits per heavy atom. The van der Waals surface area contributed by atoms with Crippen LogP contribution >= 0.6 is 0 Å². The summed E-state index contributed by atoms with van der Waals surface area (Å²) in [5.41, 5.74) is 3.51. The zero-order chi connectivity index (χ0) is 18.8. The second kappa shape index (κ2) is 6.77. The number of nitrogens with one attached hydrogen (secondary N) is 1. The fourth-order valence-electron chi connectivity index (χ4n) is 2.92. The third kappa shape index (κ3) is 3.04. The first-order valence-electron chi connectivity index (χ1n) is 8.31. The van der Waals surface area contributed by atoms with E-state index < -0.39 is 5.97 Å². The van der Waals surface area contributed by atoms with Crippen molar-refractivity contribution in [2.24, 2.45) is 0 Å². The maximum Gasteiger partial charge on any atom is 0.338 e. The Morgan fingerprint density at radius 1 is 1.26 bits per heavy atom. The Hall–Kier alpha value is -3.92. The number of hydrogen-bond acceptors (Lipinski definition) is 5. The number of aryl methyl sites for hydroxylation is 1. The van der Waals surface area contributed by atoms with Gasteiger partial charge < -0.3 is 4.74 Å². The van der Waals surface area contributed by atoms with Gasteiger partial charge in [-0.05, 0) is 31.2 Å². The lowest BCUT2D eigenvalue weighted by Gasteiger charge is -2.09. The van der Waals surface area contributed by atoms with Crippen LogP contribution in [0.15, 0.2) is 54.7 Å². The molecule has 27 heavy (non-hydrogen) atoms.